The molecular weight excluding hydrogens is 706 g/mol. The highest BCUT2D eigenvalue weighted by atomic mass is 16.5. The second-order valence-corrected chi connectivity index (χ2v) is 14.7. The lowest BCUT2D eigenvalue weighted by Gasteiger charge is -2.24. The Bertz CT molecular complexity index is 1260. The molecule has 1 aliphatic rings. The second kappa shape index (κ2) is 25.8. The van der Waals surface area contributed by atoms with Crippen LogP contribution in [0.1, 0.15) is 124 Å². The van der Waals surface area contributed by atoms with Crippen LogP contribution in [-0.4, -0.2) is 129 Å². The number of likely N-dealkylation sites (tertiary alicyclic amines) is 1. The Morgan fingerprint density at radius 1 is 0.611 bits per heavy atom. The molecule has 0 spiro atoms. The van der Waals surface area contributed by atoms with Crippen LogP contribution in [0.15, 0.2) is 0 Å². The van der Waals surface area contributed by atoms with E-state index in [4.69, 9.17) is 0 Å². The van der Waals surface area contributed by atoms with E-state index in [1.165, 1.54) is 11.8 Å². The van der Waals surface area contributed by atoms with Crippen molar-refractivity contribution < 1.29 is 54.0 Å². The average Bonchev–Trinajstić information content (AvgIpc) is 3.41. The number of nitrogens with one attached hydrogen (secondary N) is 3. The van der Waals surface area contributed by atoms with Crippen molar-refractivity contribution in [2.75, 3.05) is 45.8 Å². The second-order valence-electron chi connectivity index (χ2n) is 14.7. The number of hydrogen-bond acceptors (Lipinski definition) is 11. The summed E-state index contributed by atoms with van der Waals surface area (Å²) in [5, 5.41) is 39.2. The molecule has 1 rings (SSSR count). The van der Waals surface area contributed by atoms with Gasteiger partial charge in [0.05, 0.1) is 5.92 Å². The van der Waals surface area contributed by atoms with E-state index in [9.17, 15) is 54.0 Å². The summed E-state index contributed by atoms with van der Waals surface area (Å²) in [6.07, 6.45) is 5.05. The minimum Gasteiger partial charge on any atom is -0.356 e. The topological polar surface area (TPSA) is 246 Å². The fraction of sp³-hybridized carbons (Fsp3) is 0.778. The molecule has 6 N–H and O–H groups in total. The molecular formula is C36H63N7O11. The fourth-order valence-electron chi connectivity index (χ4n) is 5.55. The Labute approximate surface area is 318 Å². The first kappa shape index (κ1) is 47.9. The first-order valence-corrected chi connectivity index (χ1v) is 19.0. The highest BCUT2D eigenvalue weighted by Crippen LogP contribution is 2.35. The number of rotatable bonds is 27. The maximum Gasteiger partial charge on any atom is 0.246 e. The Kier molecular flexibility index (Phi) is 22.9. The van der Waals surface area contributed by atoms with Crippen LogP contribution in [0.2, 0.25) is 0 Å². The average molecular weight is 770 g/mol. The van der Waals surface area contributed by atoms with E-state index in [2.05, 4.69) is 16.0 Å². The van der Waals surface area contributed by atoms with Crippen molar-refractivity contribution in [2.24, 2.45) is 11.3 Å². The van der Waals surface area contributed by atoms with Gasteiger partial charge in [-0.3, -0.25) is 58.9 Å². The monoisotopic (exact) mass is 769 g/mol. The van der Waals surface area contributed by atoms with Gasteiger partial charge in [0.1, 0.15) is 0 Å². The van der Waals surface area contributed by atoms with Crippen LogP contribution in [-0.2, 0) is 38.4 Å². The van der Waals surface area contributed by atoms with Crippen molar-refractivity contribution >= 4 is 47.3 Å². The standard InChI is InChI=1S/C36H63N7O11/c1-27(44)41(52)22-11-5-8-19-37-29(45)14-16-32(48)42(53)23-12-6-9-20-38-30(46)15-17-33(49)43(54)24-13-7-10-21-39-31(47)18-25-40-34(50)26-28(35(40)51)36(2,3)4/h28,52-54H,5-26H2,1-4H3,(H,37,45)(H,38,46)(H,39,47). The van der Waals surface area contributed by atoms with E-state index in [0.717, 1.165) is 0 Å². The molecule has 0 aromatic carbocycles. The van der Waals surface area contributed by atoms with E-state index in [1.54, 1.807) is 0 Å². The lowest BCUT2D eigenvalue weighted by Crippen LogP contribution is -2.37. The Morgan fingerprint density at radius 3 is 1.37 bits per heavy atom. The fourth-order valence-corrected chi connectivity index (χ4v) is 5.55. The number of carbonyl (C=O) groups is 8. The smallest absolute Gasteiger partial charge is 0.246 e. The van der Waals surface area contributed by atoms with E-state index in [-0.39, 0.29) is 106 Å². The van der Waals surface area contributed by atoms with E-state index >= 15 is 0 Å². The van der Waals surface area contributed by atoms with Crippen LogP contribution in [0.25, 0.3) is 0 Å². The molecule has 1 heterocycles. The van der Waals surface area contributed by atoms with Crippen molar-refractivity contribution in [3.63, 3.8) is 0 Å². The highest BCUT2D eigenvalue weighted by molar-refractivity contribution is 6.04. The van der Waals surface area contributed by atoms with Gasteiger partial charge < -0.3 is 16.0 Å². The Morgan fingerprint density at radius 2 is 1.00 bits per heavy atom. The van der Waals surface area contributed by atoms with Crippen molar-refractivity contribution in [1.82, 2.24) is 36.0 Å². The summed E-state index contributed by atoms with van der Waals surface area (Å²) in [5.41, 5.74) is -0.325. The highest BCUT2D eigenvalue weighted by Gasteiger charge is 2.44. The van der Waals surface area contributed by atoms with Gasteiger partial charge in [-0.2, -0.15) is 0 Å². The predicted octanol–water partition coefficient (Wildman–Crippen LogP) is 1.89. The number of amides is 8. The minimum absolute atomic E-state index is 0.0258. The molecule has 0 saturated carbocycles. The zero-order valence-electron chi connectivity index (χ0n) is 32.5. The SMILES string of the molecule is CC(=O)N(O)CCCCCNC(=O)CCC(=O)N(O)CCCCCNC(=O)CCC(=O)N(O)CCCCCNC(=O)CCN1C(=O)CC(C(C)(C)C)C1=O. The van der Waals surface area contributed by atoms with Crippen LogP contribution in [0, 0.1) is 11.3 Å². The molecule has 1 saturated heterocycles. The number of imide groups is 1. The molecule has 308 valence electrons. The molecule has 0 aromatic heterocycles. The summed E-state index contributed by atoms with van der Waals surface area (Å²) >= 11 is 0. The largest absolute Gasteiger partial charge is 0.356 e. The first-order valence-electron chi connectivity index (χ1n) is 19.0. The van der Waals surface area contributed by atoms with Crippen molar-refractivity contribution in [2.45, 2.75) is 124 Å². The number of unbranched alkanes of at least 4 members (excludes halogenated alkanes) is 6. The number of hydroxylamine groups is 6. The lowest BCUT2D eigenvalue weighted by atomic mass is 9.80. The number of carbonyl (C=O) groups excluding carboxylic acids is 8. The summed E-state index contributed by atoms with van der Waals surface area (Å²) in [6.45, 7) is 8.55. The Hall–Kier alpha value is -4.16. The molecule has 0 radical (unpaired) electrons. The van der Waals surface area contributed by atoms with Crippen LogP contribution in [0.4, 0.5) is 0 Å². The minimum atomic E-state index is -0.583. The summed E-state index contributed by atoms with van der Waals surface area (Å²) < 4.78 is 0. The molecule has 1 fully saturated rings. The summed E-state index contributed by atoms with van der Waals surface area (Å²) in [6, 6.07) is 0. The lowest BCUT2D eigenvalue weighted by molar-refractivity contribution is -0.166. The van der Waals surface area contributed by atoms with Crippen molar-refractivity contribution in [3.05, 3.63) is 0 Å². The molecule has 0 bridgehead atoms. The molecule has 0 aliphatic carbocycles. The number of hydrogen-bond donors (Lipinski definition) is 6. The van der Waals surface area contributed by atoms with Gasteiger partial charge in [0.25, 0.3) is 0 Å². The third-order valence-electron chi connectivity index (χ3n) is 9.03. The van der Waals surface area contributed by atoms with Gasteiger partial charge in [0.15, 0.2) is 0 Å². The van der Waals surface area contributed by atoms with Gasteiger partial charge in [0, 0.05) is 91.3 Å². The van der Waals surface area contributed by atoms with Gasteiger partial charge in [-0.25, -0.2) is 15.2 Å². The van der Waals surface area contributed by atoms with Gasteiger partial charge in [0.2, 0.25) is 47.3 Å². The summed E-state index contributed by atoms with van der Waals surface area (Å²) in [4.78, 5) is 97.3. The Balaban J connectivity index is 2.03. The zero-order valence-corrected chi connectivity index (χ0v) is 32.5. The van der Waals surface area contributed by atoms with Gasteiger partial charge in [-0.15, -0.1) is 0 Å². The van der Waals surface area contributed by atoms with E-state index in [0.29, 0.717) is 92.6 Å². The first-order chi connectivity index (χ1) is 25.4. The van der Waals surface area contributed by atoms with Gasteiger partial charge in [-0.05, 0) is 63.2 Å². The molecule has 0 aromatic rings. The van der Waals surface area contributed by atoms with Crippen LogP contribution < -0.4 is 16.0 Å². The van der Waals surface area contributed by atoms with Crippen LogP contribution in [0.5, 0.6) is 0 Å². The van der Waals surface area contributed by atoms with Crippen LogP contribution >= 0.6 is 0 Å². The molecule has 54 heavy (non-hydrogen) atoms. The third kappa shape index (κ3) is 20.3. The van der Waals surface area contributed by atoms with E-state index < -0.39 is 17.7 Å². The maximum absolute atomic E-state index is 12.5. The molecule has 1 atom stereocenters. The molecule has 1 unspecified atom stereocenters. The maximum atomic E-state index is 12.5. The van der Waals surface area contributed by atoms with Gasteiger partial charge >= 0.3 is 0 Å². The molecule has 18 heteroatoms. The predicted molar refractivity (Wildman–Crippen MR) is 194 cm³/mol. The summed E-state index contributed by atoms with van der Waals surface area (Å²) in [7, 11) is 0. The molecule has 18 nitrogen and oxygen atoms in total. The van der Waals surface area contributed by atoms with Gasteiger partial charge in [-0.1, -0.05) is 20.8 Å². The van der Waals surface area contributed by atoms with Crippen LogP contribution in [0.3, 0.4) is 0 Å². The van der Waals surface area contributed by atoms with E-state index in [1.807, 2.05) is 20.8 Å². The summed E-state index contributed by atoms with van der Waals surface area (Å²) in [5.74, 6) is -3.38. The quantitative estimate of drug-likeness (QED) is 0.0305. The third-order valence-corrected chi connectivity index (χ3v) is 9.03. The molecule has 1 aliphatic heterocycles. The number of nitrogens with zero attached hydrogens (tertiary/aromatic N) is 4. The zero-order chi connectivity index (χ0) is 40.7. The molecule has 8 amide bonds. The van der Waals surface area contributed by atoms with Crippen molar-refractivity contribution in [3.8, 4) is 0 Å². The van der Waals surface area contributed by atoms with Crippen molar-refractivity contribution in [1.29, 1.82) is 0 Å². The normalized spacial score (nSPS) is 14.1.